The Hall–Kier alpha value is -2.60. The second-order valence-electron chi connectivity index (χ2n) is 4.75. The summed E-state index contributed by atoms with van der Waals surface area (Å²) in [5, 5.41) is 13.3. The molecule has 0 fully saturated rings. The number of nitrogens with one attached hydrogen (secondary N) is 1. The Morgan fingerprint density at radius 2 is 1.87 bits per heavy atom. The molecule has 1 heterocycles. The van der Waals surface area contributed by atoms with E-state index in [1.807, 2.05) is 54.6 Å². The van der Waals surface area contributed by atoms with Gasteiger partial charge in [-0.1, -0.05) is 42.1 Å². The molecule has 3 rings (SSSR count). The number of methoxy groups -OCH3 is 1. The average molecular weight is 324 g/mol. The van der Waals surface area contributed by atoms with Crippen molar-refractivity contribution in [2.24, 2.45) is 15.3 Å². The SMILES string of the molecule is COc1ccc(C=NNC2=NN=C(c3ccccc3)CS2)cc1. The molecular weight excluding hydrogens is 308 g/mol. The number of hydrogen-bond acceptors (Lipinski definition) is 6. The molecule has 0 radical (unpaired) electrons. The molecule has 1 aliphatic heterocycles. The van der Waals surface area contributed by atoms with Crippen LogP contribution in [0.2, 0.25) is 0 Å². The van der Waals surface area contributed by atoms with E-state index in [0.717, 1.165) is 28.3 Å². The van der Waals surface area contributed by atoms with Gasteiger partial charge in [0.05, 0.1) is 19.0 Å². The molecule has 2 aromatic rings. The second kappa shape index (κ2) is 7.60. The number of hydrogen-bond donors (Lipinski definition) is 1. The van der Waals surface area contributed by atoms with Crippen LogP contribution in [0.15, 0.2) is 69.9 Å². The molecule has 116 valence electrons. The van der Waals surface area contributed by atoms with Crippen LogP contribution in [0.3, 0.4) is 0 Å². The van der Waals surface area contributed by atoms with Crippen LogP contribution in [0, 0.1) is 0 Å². The standard InChI is InChI=1S/C17H16N4OS/c1-22-15-9-7-13(8-10-15)11-18-20-17-21-19-16(12-23-17)14-5-3-2-4-6-14/h2-11H,12H2,1H3,(H,20,21). The van der Waals surface area contributed by atoms with E-state index in [-0.39, 0.29) is 0 Å². The number of hydrazone groups is 1. The first kappa shape index (κ1) is 15.3. The predicted octanol–water partition coefficient (Wildman–Crippen LogP) is 3.13. The summed E-state index contributed by atoms with van der Waals surface area (Å²) in [6, 6.07) is 17.7. The molecule has 0 atom stereocenters. The van der Waals surface area contributed by atoms with Gasteiger partial charge in [-0.2, -0.15) is 10.2 Å². The molecule has 23 heavy (non-hydrogen) atoms. The lowest BCUT2D eigenvalue weighted by molar-refractivity contribution is 0.415. The van der Waals surface area contributed by atoms with Gasteiger partial charge in [0, 0.05) is 5.75 Å². The van der Waals surface area contributed by atoms with E-state index in [1.54, 1.807) is 25.1 Å². The molecule has 0 spiro atoms. The maximum Gasteiger partial charge on any atom is 0.203 e. The minimum atomic E-state index is 0.689. The van der Waals surface area contributed by atoms with Crippen LogP contribution in [0.1, 0.15) is 11.1 Å². The third-order valence-electron chi connectivity index (χ3n) is 3.20. The molecular formula is C17H16N4OS. The van der Waals surface area contributed by atoms with Crippen molar-refractivity contribution in [1.29, 1.82) is 0 Å². The van der Waals surface area contributed by atoms with Crippen LogP contribution in [0.4, 0.5) is 0 Å². The minimum absolute atomic E-state index is 0.689. The Morgan fingerprint density at radius 1 is 1.09 bits per heavy atom. The first-order valence-corrected chi connectivity index (χ1v) is 8.09. The van der Waals surface area contributed by atoms with Gasteiger partial charge >= 0.3 is 0 Å². The smallest absolute Gasteiger partial charge is 0.203 e. The van der Waals surface area contributed by atoms with E-state index in [0.29, 0.717) is 5.17 Å². The Bertz CT molecular complexity index is 739. The third-order valence-corrected chi connectivity index (χ3v) is 4.07. The Balaban J connectivity index is 1.59. The maximum atomic E-state index is 5.12. The van der Waals surface area contributed by atoms with E-state index in [4.69, 9.17) is 4.74 Å². The maximum absolute atomic E-state index is 5.12. The number of amidine groups is 1. The van der Waals surface area contributed by atoms with Crippen LogP contribution < -0.4 is 10.2 Å². The fourth-order valence-corrected chi connectivity index (χ4v) is 2.69. The lowest BCUT2D eigenvalue weighted by Crippen LogP contribution is -2.20. The van der Waals surface area contributed by atoms with Crippen molar-refractivity contribution in [3.8, 4) is 5.75 Å². The van der Waals surface area contributed by atoms with E-state index in [9.17, 15) is 0 Å². The summed E-state index contributed by atoms with van der Waals surface area (Å²) in [4.78, 5) is 0. The highest BCUT2D eigenvalue weighted by molar-refractivity contribution is 8.14. The highest BCUT2D eigenvalue weighted by Crippen LogP contribution is 2.14. The summed E-state index contributed by atoms with van der Waals surface area (Å²) in [5.74, 6) is 1.60. The number of benzene rings is 2. The van der Waals surface area contributed by atoms with Gasteiger partial charge in [-0.3, -0.25) is 5.43 Å². The van der Waals surface area contributed by atoms with Crippen molar-refractivity contribution in [1.82, 2.24) is 5.43 Å². The Morgan fingerprint density at radius 3 is 2.52 bits per heavy atom. The molecule has 1 N–H and O–H groups in total. The topological polar surface area (TPSA) is 58.3 Å². The highest BCUT2D eigenvalue weighted by Gasteiger charge is 2.11. The number of rotatable bonds is 4. The predicted molar refractivity (Wildman–Crippen MR) is 96.6 cm³/mol. The quantitative estimate of drug-likeness (QED) is 0.694. The van der Waals surface area contributed by atoms with Crippen LogP contribution in [-0.2, 0) is 0 Å². The van der Waals surface area contributed by atoms with Crippen molar-refractivity contribution in [2.75, 3.05) is 12.9 Å². The van der Waals surface area contributed by atoms with E-state index >= 15 is 0 Å². The average Bonchev–Trinajstić information content (AvgIpc) is 2.64. The van der Waals surface area contributed by atoms with Crippen LogP contribution in [0.25, 0.3) is 0 Å². The molecule has 2 aromatic carbocycles. The largest absolute Gasteiger partial charge is 0.497 e. The zero-order valence-electron chi connectivity index (χ0n) is 12.6. The lowest BCUT2D eigenvalue weighted by atomic mass is 10.1. The number of thioether (sulfide) groups is 1. The van der Waals surface area contributed by atoms with Crippen molar-refractivity contribution < 1.29 is 4.74 Å². The zero-order valence-corrected chi connectivity index (χ0v) is 13.5. The molecule has 5 nitrogen and oxygen atoms in total. The van der Waals surface area contributed by atoms with Gasteiger partial charge in [0.25, 0.3) is 0 Å². The van der Waals surface area contributed by atoms with Crippen LogP contribution in [0.5, 0.6) is 5.75 Å². The zero-order chi connectivity index (χ0) is 15.9. The van der Waals surface area contributed by atoms with E-state index in [1.165, 1.54) is 0 Å². The second-order valence-corrected chi connectivity index (χ2v) is 5.71. The molecule has 0 saturated carbocycles. The Kier molecular flexibility index (Phi) is 5.06. The lowest BCUT2D eigenvalue weighted by Gasteiger charge is -2.10. The van der Waals surface area contributed by atoms with Crippen LogP contribution in [-0.4, -0.2) is 30.0 Å². The van der Waals surface area contributed by atoms with Gasteiger partial charge in [0.1, 0.15) is 5.75 Å². The summed E-state index contributed by atoms with van der Waals surface area (Å²) >= 11 is 1.58. The minimum Gasteiger partial charge on any atom is -0.497 e. The van der Waals surface area contributed by atoms with Gasteiger partial charge in [0.2, 0.25) is 5.17 Å². The van der Waals surface area contributed by atoms with E-state index < -0.39 is 0 Å². The van der Waals surface area contributed by atoms with Crippen molar-refractivity contribution >= 4 is 28.9 Å². The fraction of sp³-hybridized carbons (Fsp3) is 0.118. The summed E-state index contributed by atoms with van der Waals surface area (Å²) in [6.45, 7) is 0. The van der Waals surface area contributed by atoms with Crippen molar-refractivity contribution in [3.05, 3.63) is 65.7 Å². The number of ether oxygens (including phenoxy) is 1. The molecule has 0 aromatic heterocycles. The summed E-state index contributed by atoms with van der Waals surface area (Å²) < 4.78 is 5.12. The number of nitrogens with zero attached hydrogens (tertiary/aromatic N) is 3. The first-order chi connectivity index (χ1) is 11.3. The first-order valence-electron chi connectivity index (χ1n) is 7.11. The van der Waals surface area contributed by atoms with Crippen molar-refractivity contribution in [3.63, 3.8) is 0 Å². The molecule has 0 aliphatic carbocycles. The molecule has 6 heteroatoms. The molecule has 0 unspecified atom stereocenters. The summed E-state index contributed by atoms with van der Waals surface area (Å²) in [5.41, 5.74) is 5.97. The van der Waals surface area contributed by atoms with Gasteiger partial charge in [0.15, 0.2) is 0 Å². The van der Waals surface area contributed by atoms with Gasteiger partial charge in [-0.25, -0.2) is 0 Å². The van der Waals surface area contributed by atoms with Gasteiger partial charge < -0.3 is 4.74 Å². The Labute approximate surface area is 139 Å². The molecule has 0 amide bonds. The fourth-order valence-electron chi connectivity index (χ4n) is 1.98. The monoisotopic (exact) mass is 324 g/mol. The molecule has 0 saturated heterocycles. The molecule has 0 bridgehead atoms. The summed E-state index contributed by atoms with van der Waals surface area (Å²) in [7, 11) is 1.65. The highest BCUT2D eigenvalue weighted by atomic mass is 32.2. The van der Waals surface area contributed by atoms with Crippen molar-refractivity contribution in [2.45, 2.75) is 0 Å². The van der Waals surface area contributed by atoms with Crippen LogP contribution >= 0.6 is 11.8 Å². The summed E-state index contributed by atoms with van der Waals surface area (Å²) in [6.07, 6.45) is 1.74. The third kappa shape index (κ3) is 4.20. The van der Waals surface area contributed by atoms with Gasteiger partial charge in [-0.15, -0.1) is 5.10 Å². The van der Waals surface area contributed by atoms with Gasteiger partial charge in [-0.05, 0) is 35.4 Å². The van der Waals surface area contributed by atoms with E-state index in [2.05, 4.69) is 20.7 Å². The molecule has 1 aliphatic rings. The normalized spacial score (nSPS) is 14.3.